The van der Waals surface area contributed by atoms with Gasteiger partial charge in [-0.05, 0) is 64.0 Å². The fraction of sp³-hybridized carbons (Fsp3) is 0.517. The first-order chi connectivity index (χ1) is 18.2. The summed E-state index contributed by atoms with van der Waals surface area (Å²) in [6.45, 7) is 6.94. The maximum Gasteiger partial charge on any atom is 0.243 e. The molecule has 0 bridgehead atoms. The van der Waals surface area contributed by atoms with E-state index in [1.807, 2.05) is 31.9 Å². The number of unbranched alkanes of at least 4 members (excludes halogenated alkanes) is 1. The number of hydrogen-bond donors (Lipinski definition) is 2. The van der Waals surface area contributed by atoms with Gasteiger partial charge in [-0.3, -0.25) is 9.36 Å². The lowest BCUT2D eigenvalue weighted by molar-refractivity contribution is -0.210. The predicted molar refractivity (Wildman–Crippen MR) is 144 cm³/mol. The largest absolute Gasteiger partial charge is 0.351 e. The molecule has 1 aliphatic heterocycles. The molecule has 9 nitrogen and oxygen atoms in total. The highest BCUT2D eigenvalue weighted by Crippen LogP contribution is 2.25. The van der Waals surface area contributed by atoms with Crippen molar-refractivity contribution in [3.05, 3.63) is 71.1 Å². The first-order valence-electron chi connectivity index (χ1n) is 13.6. The van der Waals surface area contributed by atoms with Crippen LogP contribution >= 0.6 is 0 Å². The second-order valence-corrected chi connectivity index (χ2v) is 11.3. The standard InChI is InChI=1S/C29H38N6O3/c1-29(2,3)38-28(37)35-19-30-17-24(35)10-6-7-11-26(36)34-13-12-25-22(18-34)16-31-27(33-25)32-23-14-20-8-4-5-9-21(20)15-23/h4-5,8-9,16-17,19,23,28,37H,6-7,10-15,18H2,1-3H3,(H,31,32,33). The highest BCUT2D eigenvalue weighted by Gasteiger charge is 2.25. The molecule has 202 valence electrons. The highest BCUT2D eigenvalue weighted by molar-refractivity contribution is 5.76. The lowest BCUT2D eigenvalue weighted by atomic mass is 10.1. The molecule has 2 N–H and O–H groups in total. The van der Waals surface area contributed by atoms with Crippen LogP contribution in [0.2, 0.25) is 0 Å². The van der Waals surface area contributed by atoms with Crippen LogP contribution in [-0.2, 0) is 41.8 Å². The van der Waals surface area contributed by atoms with E-state index in [-0.39, 0.29) is 5.91 Å². The summed E-state index contributed by atoms with van der Waals surface area (Å²) in [5.41, 5.74) is 5.29. The molecule has 3 heterocycles. The van der Waals surface area contributed by atoms with E-state index in [1.54, 1.807) is 17.1 Å². The van der Waals surface area contributed by atoms with Crippen LogP contribution in [0.25, 0.3) is 0 Å². The number of rotatable bonds is 9. The molecule has 1 amide bonds. The Labute approximate surface area is 224 Å². The van der Waals surface area contributed by atoms with E-state index in [1.165, 1.54) is 11.1 Å². The Bertz CT molecular complexity index is 1240. The van der Waals surface area contributed by atoms with Crippen LogP contribution in [0.4, 0.5) is 5.95 Å². The van der Waals surface area contributed by atoms with Gasteiger partial charge >= 0.3 is 0 Å². The van der Waals surface area contributed by atoms with Gasteiger partial charge in [0.2, 0.25) is 18.3 Å². The average molecular weight is 519 g/mol. The molecule has 1 unspecified atom stereocenters. The zero-order valence-corrected chi connectivity index (χ0v) is 22.6. The summed E-state index contributed by atoms with van der Waals surface area (Å²) in [6.07, 6.45) is 9.66. The van der Waals surface area contributed by atoms with E-state index >= 15 is 0 Å². The minimum absolute atomic E-state index is 0.158. The average Bonchev–Trinajstić information content (AvgIpc) is 3.51. The Morgan fingerprint density at radius 1 is 1.16 bits per heavy atom. The smallest absolute Gasteiger partial charge is 0.243 e. The number of hydrogen-bond acceptors (Lipinski definition) is 7. The molecule has 0 radical (unpaired) electrons. The van der Waals surface area contributed by atoms with E-state index < -0.39 is 12.0 Å². The molecular formula is C29H38N6O3. The van der Waals surface area contributed by atoms with Crippen molar-refractivity contribution < 1.29 is 14.6 Å². The number of nitrogens with one attached hydrogen (secondary N) is 1. The third-order valence-electron chi connectivity index (χ3n) is 7.19. The number of amides is 1. The number of aromatic nitrogens is 4. The van der Waals surface area contributed by atoms with Gasteiger partial charge in [-0.15, -0.1) is 0 Å². The molecule has 2 aliphatic rings. The number of nitrogens with zero attached hydrogens (tertiary/aromatic N) is 5. The van der Waals surface area contributed by atoms with Gasteiger partial charge < -0.3 is 20.1 Å². The molecule has 0 spiro atoms. The van der Waals surface area contributed by atoms with Gasteiger partial charge in [-0.2, -0.15) is 0 Å². The van der Waals surface area contributed by atoms with Crippen molar-refractivity contribution in [1.29, 1.82) is 0 Å². The second kappa shape index (κ2) is 11.2. The van der Waals surface area contributed by atoms with Crippen molar-refractivity contribution >= 4 is 11.9 Å². The number of carbonyl (C=O) groups is 1. The summed E-state index contributed by atoms with van der Waals surface area (Å²) in [5, 5.41) is 13.9. The molecule has 1 aliphatic carbocycles. The SMILES string of the molecule is CC(C)(C)OC(O)n1cncc1CCCCC(=O)N1CCc2nc(NC3Cc4ccccc4C3)ncc2C1. The number of ether oxygens (including phenoxy) is 1. The van der Waals surface area contributed by atoms with E-state index in [0.29, 0.717) is 31.5 Å². The molecule has 2 aromatic heterocycles. The van der Waals surface area contributed by atoms with Crippen LogP contribution < -0.4 is 5.32 Å². The fourth-order valence-corrected chi connectivity index (χ4v) is 5.28. The Hall–Kier alpha value is -3.30. The third-order valence-corrected chi connectivity index (χ3v) is 7.19. The van der Waals surface area contributed by atoms with Gasteiger partial charge in [0.05, 0.1) is 17.6 Å². The summed E-state index contributed by atoms with van der Waals surface area (Å²) in [6, 6.07) is 8.89. The summed E-state index contributed by atoms with van der Waals surface area (Å²) in [4.78, 5) is 28.3. The van der Waals surface area contributed by atoms with Gasteiger partial charge in [0.25, 0.3) is 0 Å². The third kappa shape index (κ3) is 6.39. The second-order valence-electron chi connectivity index (χ2n) is 11.3. The summed E-state index contributed by atoms with van der Waals surface area (Å²) >= 11 is 0. The van der Waals surface area contributed by atoms with E-state index in [4.69, 9.17) is 9.72 Å². The first kappa shape index (κ1) is 26.3. The molecule has 0 saturated heterocycles. The number of imidazole rings is 1. The van der Waals surface area contributed by atoms with Crippen molar-refractivity contribution in [3.63, 3.8) is 0 Å². The van der Waals surface area contributed by atoms with Crippen LogP contribution in [-0.4, -0.2) is 53.6 Å². The number of fused-ring (bicyclic) bond motifs is 2. The maximum absolute atomic E-state index is 12.9. The minimum Gasteiger partial charge on any atom is -0.351 e. The number of aliphatic hydroxyl groups excluding tert-OH is 1. The lowest BCUT2D eigenvalue weighted by Gasteiger charge is -2.28. The van der Waals surface area contributed by atoms with Gasteiger partial charge in [-0.25, -0.2) is 15.0 Å². The van der Waals surface area contributed by atoms with Crippen LogP contribution in [0.1, 0.15) is 74.5 Å². The van der Waals surface area contributed by atoms with Crippen LogP contribution in [0.5, 0.6) is 0 Å². The molecule has 1 atom stereocenters. The van der Waals surface area contributed by atoms with Crippen LogP contribution in [0.3, 0.4) is 0 Å². The van der Waals surface area contributed by atoms with Crippen molar-refractivity contribution in [2.45, 2.75) is 90.3 Å². The molecule has 0 fully saturated rings. The van der Waals surface area contributed by atoms with Crippen molar-refractivity contribution in [3.8, 4) is 0 Å². The lowest BCUT2D eigenvalue weighted by Crippen LogP contribution is -2.36. The fourth-order valence-electron chi connectivity index (χ4n) is 5.28. The van der Waals surface area contributed by atoms with Crippen molar-refractivity contribution in [2.75, 3.05) is 11.9 Å². The molecule has 3 aromatic rings. The first-order valence-corrected chi connectivity index (χ1v) is 13.6. The summed E-state index contributed by atoms with van der Waals surface area (Å²) < 4.78 is 7.27. The highest BCUT2D eigenvalue weighted by atomic mass is 16.6. The topological polar surface area (TPSA) is 105 Å². The number of carbonyl (C=O) groups excluding carboxylic acids is 1. The van der Waals surface area contributed by atoms with Gasteiger partial charge in [0.15, 0.2) is 0 Å². The molecule has 9 heteroatoms. The van der Waals surface area contributed by atoms with E-state index in [2.05, 4.69) is 39.6 Å². The number of anilines is 1. The van der Waals surface area contributed by atoms with Crippen molar-refractivity contribution in [2.24, 2.45) is 0 Å². The normalized spacial score (nSPS) is 16.3. The molecule has 0 saturated carbocycles. The van der Waals surface area contributed by atoms with Gasteiger partial charge in [0.1, 0.15) is 0 Å². The molecular weight excluding hydrogens is 480 g/mol. The van der Waals surface area contributed by atoms with Gasteiger partial charge in [0, 0.05) is 55.6 Å². The monoisotopic (exact) mass is 518 g/mol. The quantitative estimate of drug-likeness (QED) is 0.328. The summed E-state index contributed by atoms with van der Waals surface area (Å²) in [5.74, 6) is 0.838. The predicted octanol–water partition coefficient (Wildman–Crippen LogP) is 3.81. The molecule has 38 heavy (non-hydrogen) atoms. The Balaban J connectivity index is 1.07. The zero-order chi connectivity index (χ0) is 26.7. The number of aliphatic hydroxyl groups is 1. The van der Waals surface area contributed by atoms with Crippen LogP contribution in [0, 0.1) is 0 Å². The number of benzene rings is 1. The van der Waals surface area contributed by atoms with Gasteiger partial charge in [-0.1, -0.05) is 24.3 Å². The minimum atomic E-state index is -1.07. The van der Waals surface area contributed by atoms with Crippen molar-refractivity contribution in [1.82, 2.24) is 24.4 Å². The van der Waals surface area contributed by atoms with E-state index in [0.717, 1.165) is 55.5 Å². The zero-order valence-electron chi connectivity index (χ0n) is 22.6. The summed E-state index contributed by atoms with van der Waals surface area (Å²) in [7, 11) is 0. The molecule has 5 rings (SSSR count). The maximum atomic E-state index is 12.9. The Morgan fingerprint density at radius 2 is 1.92 bits per heavy atom. The van der Waals surface area contributed by atoms with E-state index in [9.17, 15) is 9.90 Å². The Morgan fingerprint density at radius 3 is 2.66 bits per heavy atom. The Kier molecular flexibility index (Phi) is 7.76. The molecule has 1 aromatic carbocycles. The number of aryl methyl sites for hydroxylation is 1. The van der Waals surface area contributed by atoms with Crippen LogP contribution in [0.15, 0.2) is 43.0 Å².